The van der Waals surface area contributed by atoms with Gasteiger partial charge in [-0.05, 0) is 13.0 Å². The van der Waals surface area contributed by atoms with E-state index in [1.807, 2.05) is 0 Å². The molecule has 6 heteroatoms. The zero-order valence-corrected chi connectivity index (χ0v) is 8.05. The van der Waals surface area contributed by atoms with Gasteiger partial charge in [-0.1, -0.05) is 0 Å². The van der Waals surface area contributed by atoms with E-state index in [-0.39, 0.29) is 18.6 Å². The maximum Gasteiger partial charge on any atom is 0.186 e. The van der Waals surface area contributed by atoms with Gasteiger partial charge in [0.1, 0.15) is 18.0 Å². The van der Waals surface area contributed by atoms with Gasteiger partial charge in [-0.15, -0.1) is 0 Å². The molecule has 0 radical (unpaired) electrons. The smallest absolute Gasteiger partial charge is 0.186 e. The Morgan fingerprint density at radius 2 is 2.29 bits per heavy atom. The van der Waals surface area contributed by atoms with Crippen molar-refractivity contribution in [2.75, 3.05) is 6.54 Å². The van der Waals surface area contributed by atoms with Crippen LogP contribution in [0.1, 0.15) is 6.92 Å². The van der Waals surface area contributed by atoms with Crippen LogP contribution in [-0.4, -0.2) is 35.9 Å². The van der Waals surface area contributed by atoms with Crippen molar-refractivity contribution in [3.8, 4) is 0 Å². The van der Waals surface area contributed by atoms with Crippen molar-refractivity contribution in [2.45, 2.75) is 25.2 Å². The highest BCUT2D eigenvalue weighted by Gasteiger charge is 2.27. The molecule has 0 bridgehead atoms. The van der Waals surface area contributed by atoms with Crippen LogP contribution < -0.4 is 17.2 Å². The van der Waals surface area contributed by atoms with E-state index >= 15 is 0 Å². The largest absolute Gasteiger partial charge is 0.491 e. The molecule has 6 nitrogen and oxygen atoms in total. The van der Waals surface area contributed by atoms with Crippen molar-refractivity contribution in [1.29, 1.82) is 0 Å². The van der Waals surface area contributed by atoms with Crippen LogP contribution in [0.15, 0.2) is 16.8 Å². The number of hydrogen-bond donors (Lipinski definition) is 4. The van der Waals surface area contributed by atoms with Gasteiger partial charge in [0.2, 0.25) is 0 Å². The molecule has 7 N–H and O–H groups in total. The Hall–Kier alpha value is -1.27. The second kappa shape index (κ2) is 4.30. The second-order valence-electron chi connectivity index (χ2n) is 3.26. The molecule has 1 heterocycles. The number of guanidine groups is 1. The van der Waals surface area contributed by atoms with E-state index in [2.05, 4.69) is 4.99 Å². The van der Waals surface area contributed by atoms with Gasteiger partial charge >= 0.3 is 0 Å². The average molecular weight is 200 g/mol. The van der Waals surface area contributed by atoms with Crippen molar-refractivity contribution in [1.82, 2.24) is 0 Å². The van der Waals surface area contributed by atoms with E-state index in [1.165, 1.54) is 0 Å². The molecule has 0 aliphatic carbocycles. The molecule has 0 spiro atoms. The molecule has 0 amide bonds. The molecule has 1 aliphatic rings. The van der Waals surface area contributed by atoms with Gasteiger partial charge in [-0.2, -0.15) is 0 Å². The van der Waals surface area contributed by atoms with Gasteiger partial charge in [0, 0.05) is 0 Å². The first-order valence-corrected chi connectivity index (χ1v) is 4.37. The fourth-order valence-electron chi connectivity index (χ4n) is 1.23. The number of aliphatic hydroxyl groups is 1. The molecule has 0 fully saturated rings. The van der Waals surface area contributed by atoms with Crippen LogP contribution in [0.3, 0.4) is 0 Å². The zero-order valence-electron chi connectivity index (χ0n) is 8.05. The third-order valence-corrected chi connectivity index (χ3v) is 2.01. The number of nitrogens with zero attached hydrogens (tertiary/aromatic N) is 1. The number of nitrogens with two attached hydrogens (primary N) is 3. The molecule has 0 aromatic rings. The van der Waals surface area contributed by atoms with Crippen molar-refractivity contribution in [2.24, 2.45) is 22.2 Å². The summed E-state index contributed by atoms with van der Waals surface area (Å²) in [6.07, 6.45) is 0.606. The summed E-state index contributed by atoms with van der Waals surface area (Å²) in [6.45, 7) is 2.00. The van der Waals surface area contributed by atoms with E-state index in [0.717, 1.165) is 0 Å². The SMILES string of the molecule is C[C@H]1OC(CN=C(N)N)=C[C@H](N)[C@H]1O. The Balaban J connectivity index is 2.63. The third-order valence-electron chi connectivity index (χ3n) is 2.01. The first-order valence-electron chi connectivity index (χ1n) is 4.37. The fraction of sp³-hybridized carbons (Fsp3) is 0.625. The van der Waals surface area contributed by atoms with E-state index in [0.29, 0.717) is 5.76 Å². The van der Waals surface area contributed by atoms with Gasteiger partial charge in [0.15, 0.2) is 5.96 Å². The van der Waals surface area contributed by atoms with Crippen LogP contribution in [0.25, 0.3) is 0 Å². The summed E-state index contributed by atoms with van der Waals surface area (Å²) >= 11 is 0. The highest BCUT2D eigenvalue weighted by molar-refractivity contribution is 5.75. The van der Waals surface area contributed by atoms with Gasteiger partial charge in [0.25, 0.3) is 0 Å². The molecule has 0 saturated heterocycles. The number of rotatable bonds is 2. The summed E-state index contributed by atoms with van der Waals surface area (Å²) in [4.78, 5) is 3.78. The van der Waals surface area contributed by atoms with Crippen LogP contribution in [0.4, 0.5) is 0 Å². The molecule has 0 unspecified atom stereocenters. The first kappa shape index (κ1) is 10.8. The predicted octanol–water partition coefficient (Wildman–Crippen LogP) is -1.75. The molecule has 0 aromatic heterocycles. The summed E-state index contributed by atoms with van der Waals surface area (Å²) in [5.74, 6) is 0.588. The standard InChI is InChI=1S/C8H16N4O2/c1-4-7(13)6(9)2-5(14-4)3-12-8(10)11/h2,4,6-7,13H,3,9H2,1H3,(H4,10,11,12)/t4-,6+,7+/m1/s1. The minimum atomic E-state index is -0.682. The lowest BCUT2D eigenvalue weighted by Gasteiger charge is -2.29. The molecule has 0 aromatic carbocycles. The number of ether oxygens (including phenoxy) is 1. The molecular weight excluding hydrogens is 184 g/mol. The van der Waals surface area contributed by atoms with Crippen molar-refractivity contribution >= 4 is 5.96 Å². The Morgan fingerprint density at radius 3 is 2.79 bits per heavy atom. The molecule has 1 rings (SSSR count). The van der Waals surface area contributed by atoms with Crippen LogP contribution in [0, 0.1) is 0 Å². The summed E-state index contributed by atoms with van der Waals surface area (Å²) in [5, 5.41) is 9.46. The van der Waals surface area contributed by atoms with E-state index < -0.39 is 12.1 Å². The first-order chi connectivity index (χ1) is 6.50. The lowest BCUT2D eigenvalue weighted by molar-refractivity contribution is -0.0144. The fourth-order valence-corrected chi connectivity index (χ4v) is 1.23. The maximum absolute atomic E-state index is 9.46. The zero-order chi connectivity index (χ0) is 10.7. The lowest BCUT2D eigenvalue weighted by Crippen LogP contribution is -2.45. The van der Waals surface area contributed by atoms with Gasteiger partial charge in [0.05, 0.1) is 12.6 Å². The normalized spacial score (nSPS) is 31.6. The highest BCUT2D eigenvalue weighted by atomic mass is 16.5. The van der Waals surface area contributed by atoms with Crippen molar-refractivity contribution in [3.05, 3.63) is 11.8 Å². The number of hydrogen-bond acceptors (Lipinski definition) is 4. The molecule has 0 saturated carbocycles. The van der Waals surface area contributed by atoms with Gasteiger partial charge < -0.3 is 27.0 Å². The van der Waals surface area contributed by atoms with Crippen molar-refractivity contribution < 1.29 is 9.84 Å². The number of aliphatic hydroxyl groups excluding tert-OH is 1. The minimum Gasteiger partial charge on any atom is -0.491 e. The van der Waals surface area contributed by atoms with Crippen LogP contribution >= 0.6 is 0 Å². The van der Waals surface area contributed by atoms with Gasteiger partial charge in [-0.3, -0.25) is 0 Å². The minimum absolute atomic E-state index is 0.00171. The average Bonchev–Trinajstić information content (AvgIpc) is 2.10. The number of aliphatic imine (C=N–C) groups is 1. The van der Waals surface area contributed by atoms with Crippen LogP contribution in [0.2, 0.25) is 0 Å². The van der Waals surface area contributed by atoms with Crippen LogP contribution in [0.5, 0.6) is 0 Å². The molecule has 1 aliphatic heterocycles. The monoisotopic (exact) mass is 200 g/mol. The molecule has 80 valence electrons. The van der Waals surface area contributed by atoms with E-state index in [9.17, 15) is 5.11 Å². The quantitative estimate of drug-likeness (QED) is 0.311. The van der Waals surface area contributed by atoms with Gasteiger partial charge in [-0.25, -0.2) is 4.99 Å². The highest BCUT2D eigenvalue weighted by Crippen LogP contribution is 2.16. The Bertz CT molecular complexity index is 260. The topological polar surface area (TPSA) is 120 Å². The van der Waals surface area contributed by atoms with Crippen LogP contribution in [-0.2, 0) is 4.74 Å². The second-order valence-corrected chi connectivity index (χ2v) is 3.26. The van der Waals surface area contributed by atoms with E-state index in [4.69, 9.17) is 21.9 Å². The Morgan fingerprint density at radius 1 is 1.64 bits per heavy atom. The van der Waals surface area contributed by atoms with Crippen molar-refractivity contribution in [3.63, 3.8) is 0 Å². The van der Waals surface area contributed by atoms with E-state index in [1.54, 1.807) is 13.0 Å². The predicted molar refractivity (Wildman–Crippen MR) is 53.3 cm³/mol. The Labute approximate surface area is 82.4 Å². The summed E-state index contributed by atoms with van der Waals surface area (Å²) in [6, 6.07) is -0.428. The summed E-state index contributed by atoms with van der Waals surface area (Å²) in [7, 11) is 0. The lowest BCUT2D eigenvalue weighted by atomic mass is 10.0. The molecule has 3 atom stereocenters. The third kappa shape index (κ3) is 2.61. The summed E-state index contributed by atoms with van der Waals surface area (Å²) < 4.78 is 5.33. The molecule has 14 heavy (non-hydrogen) atoms. The summed E-state index contributed by atoms with van der Waals surface area (Å²) in [5.41, 5.74) is 16.0. The Kier molecular flexibility index (Phi) is 3.32. The maximum atomic E-state index is 9.46. The molecular formula is C8H16N4O2.